The van der Waals surface area contributed by atoms with Gasteiger partial charge in [-0.3, -0.25) is 4.79 Å². The van der Waals surface area contributed by atoms with Crippen LogP contribution in [0.2, 0.25) is 0 Å². The number of hydrogen-bond acceptors (Lipinski definition) is 3. The van der Waals surface area contributed by atoms with Crippen LogP contribution in [0.5, 0.6) is 5.75 Å². The average Bonchev–Trinajstić information content (AvgIpc) is 2.36. The van der Waals surface area contributed by atoms with Crippen molar-refractivity contribution in [1.29, 1.82) is 0 Å². The van der Waals surface area contributed by atoms with Crippen LogP contribution in [0, 0.1) is 0 Å². The summed E-state index contributed by atoms with van der Waals surface area (Å²) >= 11 is 0. The molecule has 1 atom stereocenters. The van der Waals surface area contributed by atoms with Crippen molar-refractivity contribution < 1.29 is 14.3 Å². The predicted molar refractivity (Wildman–Crippen MR) is 80.0 cm³/mol. The minimum Gasteiger partial charge on any atom is -0.496 e. The standard InChI is InChI=1S/C16H25NO3/c1-12(17-15(18)11-20-16(2,3)4)10-13-8-6-7-9-14(13)19-5/h6-9,12H,10-11H2,1-5H3,(H,17,18). The fraction of sp³-hybridized carbons (Fsp3) is 0.562. The van der Waals surface area contributed by atoms with Gasteiger partial charge in [0, 0.05) is 6.04 Å². The molecule has 0 radical (unpaired) electrons. The second-order valence-corrected chi connectivity index (χ2v) is 5.89. The van der Waals surface area contributed by atoms with Crippen molar-refractivity contribution in [3.8, 4) is 5.75 Å². The molecule has 1 aromatic carbocycles. The van der Waals surface area contributed by atoms with Crippen molar-refractivity contribution in [2.75, 3.05) is 13.7 Å². The number of carbonyl (C=O) groups is 1. The molecular formula is C16H25NO3. The lowest BCUT2D eigenvalue weighted by atomic mass is 10.1. The van der Waals surface area contributed by atoms with E-state index in [4.69, 9.17) is 9.47 Å². The van der Waals surface area contributed by atoms with E-state index in [0.29, 0.717) is 0 Å². The molecule has 0 fully saturated rings. The van der Waals surface area contributed by atoms with Gasteiger partial charge >= 0.3 is 0 Å². The Hall–Kier alpha value is -1.55. The molecule has 20 heavy (non-hydrogen) atoms. The smallest absolute Gasteiger partial charge is 0.246 e. The van der Waals surface area contributed by atoms with E-state index in [1.807, 2.05) is 52.0 Å². The molecule has 0 heterocycles. The molecule has 4 nitrogen and oxygen atoms in total. The fourth-order valence-electron chi connectivity index (χ4n) is 1.85. The minimum absolute atomic E-state index is 0.0300. The molecular weight excluding hydrogens is 254 g/mol. The predicted octanol–water partition coefficient (Wildman–Crippen LogP) is 2.56. The van der Waals surface area contributed by atoms with Crippen molar-refractivity contribution in [3.05, 3.63) is 29.8 Å². The first-order chi connectivity index (χ1) is 9.31. The highest BCUT2D eigenvalue weighted by molar-refractivity contribution is 5.77. The fourth-order valence-corrected chi connectivity index (χ4v) is 1.85. The SMILES string of the molecule is COc1ccccc1CC(C)NC(=O)COC(C)(C)C. The van der Waals surface area contributed by atoms with Crippen LogP contribution in [-0.4, -0.2) is 31.3 Å². The summed E-state index contributed by atoms with van der Waals surface area (Å²) in [6.45, 7) is 7.84. The van der Waals surface area contributed by atoms with Crippen molar-refractivity contribution in [2.45, 2.75) is 45.8 Å². The van der Waals surface area contributed by atoms with Gasteiger partial charge in [0.2, 0.25) is 5.91 Å². The van der Waals surface area contributed by atoms with Crippen molar-refractivity contribution >= 4 is 5.91 Å². The van der Waals surface area contributed by atoms with Crippen LogP contribution in [0.1, 0.15) is 33.3 Å². The third-order valence-electron chi connectivity index (χ3n) is 2.76. The Morgan fingerprint density at radius 2 is 1.95 bits per heavy atom. The Labute approximate surface area is 121 Å². The van der Waals surface area contributed by atoms with Crippen molar-refractivity contribution in [1.82, 2.24) is 5.32 Å². The molecule has 0 aliphatic carbocycles. The summed E-state index contributed by atoms with van der Waals surface area (Å²) in [4.78, 5) is 11.8. The van der Waals surface area contributed by atoms with Crippen LogP contribution >= 0.6 is 0 Å². The molecule has 0 saturated carbocycles. The number of hydrogen-bond donors (Lipinski definition) is 1. The molecule has 1 unspecified atom stereocenters. The van der Waals surface area contributed by atoms with Gasteiger partial charge in [0.15, 0.2) is 0 Å². The lowest BCUT2D eigenvalue weighted by molar-refractivity contribution is -0.131. The number of benzene rings is 1. The molecule has 0 aliphatic heterocycles. The molecule has 0 bridgehead atoms. The van der Waals surface area contributed by atoms with Crippen LogP contribution in [0.4, 0.5) is 0 Å². The third kappa shape index (κ3) is 6.06. The lowest BCUT2D eigenvalue weighted by Crippen LogP contribution is -2.38. The average molecular weight is 279 g/mol. The van der Waals surface area contributed by atoms with E-state index in [-0.39, 0.29) is 24.2 Å². The van der Waals surface area contributed by atoms with E-state index in [2.05, 4.69) is 5.32 Å². The van der Waals surface area contributed by atoms with Gasteiger partial charge in [0.1, 0.15) is 12.4 Å². The second-order valence-electron chi connectivity index (χ2n) is 5.89. The zero-order valence-electron chi connectivity index (χ0n) is 13.0. The van der Waals surface area contributed by atoms with Gasteiger partial charge in [-0.25, -0.2) is 0 Å². The van der Waals surface area contributed by atoms with Gasteiger partial charge in [-0.2, -0.15) is 0 Å². The van der Waals surface area contributed by atoms with E-state index in [0.717, 1.165) is 17.7 Å². The van der Waals surface area contributed by atoms with Crippen LogP contribution in [0.3, 0.4) is 0 Å². The second kappa shape index (κ2) is 7.29. The van der Waals surface area contributed by atoms with Gasteiger partial charge in [-0.1, -0.05) is 18.2 Å². The minimum atomic E-state index is -0.302. The normalized spacial score (nSPS) is 12.8. The summed E-state index contributed by atoms with van der Waals surface area (Å²) in [6.07, 6.45) is 0.727. The van der Waals surface area contributed by atoms with Gasteiger partial charge in [0.05, 0.1) is 12.7 Å². The number of para-hydroxylation sites is 1. The van der Waals surface area contributed by atoms with Crippen molar-refractivity contribution in [3.63, 3.8) is 0 Å². The largest absolute Gasteiger partial charge is 0.496 e. The maximum absolute atomic E-state index is 11.8. The summed E-state index contributed by atoms with van der Waals surface area (Å²) < 4.78 is 10.8. The third-order valence-corrected chi connectivity index (χ3v) is 2.76. The molecule has 4 heteroatoms. The first-order valence-corrected chi connectivity index (χ1v) is 6.87. The Balaban J connectivity index is 2.47. The molecule has 112 valence electrons. The molecule has 1 aromatic rings. The summed E-state index contributed by atoms with van der Waals surface area (Å²) in [5.74, 6) is 0.752. The zero-order valence-corrected chi connectivity index (χ0v) is 13.0. The Kier molecular flexibility index (Phi) is 6.02. The molecule has 0 saturated heterocycles. The summed E-state index contributed by atoms with van der Waals surface area (Å²) in [5.41, 5.74) is 0.781. The van der Waals surface area contributed by atoms with E-state index < -0.39 is 0 Å². The molecule has 1 amide bonds. The maximum atomic E-state index is 11.8. The number of methoxy groups -OCH3 is 1. The van der Waals surface area contributed by atoms with E-state index in [1.54, 1.807) is 7.11 Å². The molecule has 0 aliphatic rings. The number of carbonyl (C=O) groups excluding carboxylic acids is 1. The summed E-state index contributed by atoms with van der Waals surface area (Å²) in [7, 11) is 1.65. The van der Waals surface area contributed by atoms with Crippen LogP contribution in [0.25, 0.3) is 0 Å². The van der Waals surface area contributed by atoms with Crippen LogP contribution in [-0.2, 0) is 16.0 Å². The van der Waals surface area contributed by atoms with Crippen molar-refractivity contribution in [2.24, 2.45) is 0 Å². The summed E-state index contributed by atoms with van der Waals surface area (Å²) in [5, 5.41) is 2.93. The number of ether oxygens (including phenoxy) is 2. The number of nitrogens with one attached hydrogen (secondary N) is 1. The van der Waals surface area contributed by atoms with Gasteiger partial charge in [-0.15, -0.1) is 0 Å². The topological polar surface area (TPSA) is 47.6 Å². The Morgan fingerprint density at radius 1 is 1.30 bits per heavy atom. The Bertz CT molecular complexity index is 438. The summed E-state index contributed by atoms with van der Waals surface area (Å²) in [6, 6.07) is 7.86. The quantitative estimate of drug-likeness (QED) is 0.870. The van der Waals surface area contributed by atoms with Gasteiger partial charge in [-0.05, 0) is 45.7 Å². The maximum Gasteiger partial charge on any atom is 0.246 e. The highest BCUT2D eigenvalue weighted by atomic mass is 16.5. The van der Waals surface area contributed by atoms with Gasteiger partial charge < -0.3 is 14.8 Å². The van der Waals surface area contributed by atoms with E-state index in [1.165, 1.54) is 0 Å². The first kappa shape index (κ1) is 16.5. The molecule has 0 aromatic heterocycles. The van der Waals surface area contributed by atoms with E-state index >= 15 is 0 Å². The Morgan fingerprint density at radius 3 is 2.55 bits per heavy atom. The van der Waals surface area contributed by atoms with Crippen LogP contribution in [0.15, 0.2) is 24.3 Å². The monoisotopic (exact) mass is 279 g/mol. The highest BCUT2D eigenvalue weighted by Crippen LogP contribution is 2.18. The molecule has 1 N–H and O–H groups in total. The lowest BCUT2D eigenvalue weighted by Gasteiger charge is -2.20. The van der Waals surface area contributed by atoms with E-state index in [9.17, 15) is 4.79 Å². The van der Waals surface area contributed by atoms with Crippen LogP contribution < -0.4 is 10.1 Å². The number of rotatable bonds is 6. The highest BCUT2D eigenvalue weighted by Gasteiger charge is 2.15. The molecule has 1 rings (SSSR count). The molecule has 0 spiro atoms. The van der Waals surface area contributed by atoms with Gasteiger partial charge in [0.25, 0.3) is 0 Å². The first-order valence-electron chi connectivity index (χ1n) is 6.87. The zero-order chi connectivity index (χ0) is 15.2. The number of amides is 1.